The third kappa shape index (κ3) is 13.0. The quantitative estimate of drug-likeness (QED) is 0.0321. The summed E-state index contributed by atoms with van der Waals surface area (Å²) in [6, 6.07) is 18.3. The van der Waals surface area contributed by atoms with Gasteiger partial charge in [0.1, 0.15) is 10.0 Å². The van der Waals surface area contributed by atoms with Crippen molar-refractivity contribution in [3.63, 3.8) is 0 Å². The highest BCUT2D eigenvalue weighted by molar-refractivity contribution is 7.29. The van der Waals surface area contributed by atoms with E-state index in [0.29, 0.717) is 35.4 Å². The summed E-state index contributed by atoms with van der Waals surface area (Å²) < 4.78 is 2.34. The average molecular weight is 1150 g/mol. The molecular weight excluding hydrogens is 1070 g/mol. The molecule has 0 radical (unpaired) electrons. The molecule has 0 saturated carbocycles. The standard InChI is InChI=1S/C64H81N3O2S7/c1-9-15-19-21-22-24-28-44(27-23-20-16-10-2)39-67-63(68)52-41(8)71-58(55(52)64(67)69)49-36-35-48(74-49)54-57-59(75-62(66-57)51-34-31-46(73-51)38-43(14-6)26-18-12-4)53(47-32-29-40(7)70-47)56-60(54)76-61(65-56)50-33-30-45(72-50)37-42(13-5)25-17-11-3/h29-36,42-44H,9-28,37-39H2,1-8H3. The van der Waals surface area contributed by atoms with Crippen molar-refractivity contribution in [2.45, 2.75) is 197 Å². The number of fused-ring (bicyclic) bond motifs is 3. The number of carbonyl (C=O) groups excluding carboxylic acids is 2. The number of aromatic nitrogens is 2. The molecule has 8 heterocycles. The van der Waals surface area contributed by atoms with E-state index >= 15 is 0 Å². The highest BCUT2D eigenvalue weighted by Crippen LogP contribution is 2.54. The molecule has 0 N–H and O–H groups in total. The van der Waals surface area contributed by atoms with Gasteiger partial charge in [0, 0.05) is 51.8 Å². The Bertz CT molecular complexity index is 3070. The first kappa shape index (κ1) is 57.3. The Balaban J connectivity index is 1.12. The van der Waals surface area contributed by atoms with Gasteiger partial charge < -0.3 is 0 Å². The molecule has 406 valence electrons. The number of thiazole rings is 2. The van der Waals surface area contributed by atoms with Crippen LogP contribution in [0.15, 0.2) is 48.5 Å². The van der Waals surface area contributed by atoms with Crippen LogP contribution in [0.1, 0.15) is 210 Å². The first-order valence-electron chi connectivity index (χ1n) is 29.2. The summed E-state index contributed by atoms with van der Waals surface area (Å²) in [5, 5.41) is 2.12. The molecule has 0 aliphatic carbocycles. The summed E-state index contributed by atoms with van der Waals surface area (Å²) in [5.74, 6) is 1.53. The molecule has 0 bridgehead atoms. The van der Waals surface area contributed by atoms with Crippen LogP contribution in [-0.4, -0.2) is 33.2 Å². The van der Waals surface area contributed by atoms with Crippen LogP contribution in [0.25, 0.3) is 70.8 Å². The van der Waals surface area contributed by atoms with Gasteiger partial charge >= 0.3 is 0 Å². The van der Waals surface area contributed by atoms with Gasteiger partial charge in [-0.2, -0.15) is 0 Å². The van der Waals surface area contributed by atoms with E-state index in [4.69, 9.17) is 9.97 Å². The molecule has 0 saturated heterocycles. The molecule has 1 aromatic carbocycles. The molecule has 5 nitrogen and oxygen atoms in total. The Labute approximate surface area is 482 Å². The predicted molar refractivity (Wildman–Crippen MR) is 338 cm³/mol. The molecule has 9 rings (SSSR count). The molecule has 8 aromatic rings. The molecule has 0 fully saturated rings. The van der Waals surface area contributed by atoms with E-state index in [1.807, 2.05) is 63.6 Å². The van der Waals surface area contributed by atoms with E-state index in [1.54, 1.807) is 27.6 Å². The highest BCUT2D eigenvalue weighted by Gasteiger charge is 2.42. The molecule has 7 aromatic heterocycles. The van der Waals surface area contributed by atoms with Gasteiger partial charge in [0.05, 0.1) is 46.2 Å². The number of benzene rings is 1. The third-order valence-electron chi connectivity index (χ3n) is 15.9. The van der Waals surface area contributed by atoms with Crippen LogP contribution in [0.4, 0.5) is 0 Å². The van der Waals surface area contributed by atoms with E-state index in [1.165, 1.54) is 142 Å². The van der Waals surface area contributed by atoms with Gasteiger partial charge in [0.25, 0.3) is 11.8 Å². The number of carbonyl (C=O) groups is 2. The summed E-state index contributed by atoms with van der Waals surface area (Å²) in [6.07, 6.45) is 26.7. The van der Waals surface area contributed by atoms with E-state index in [9.17, 15) is 9.59 Å². The van der Waals surface area contributed by atoms with Gasteiger partial charge in [-0.1, -0.05) is 157 Å². The molecule has 1 aliphatic rings. The van der Waals surface area contributed by atoms with Gasteiger partial charge in [0.2, 0.25) is 0 Å². The first-order chi connectivity index (χ1) is 37.1. The maximum absolute atomic E-state index is 14.8. The number of unbranched alkanes of at least 4 members (excludes halogenated alkanes) is 10. The summed E-state index contributed by atoms with van der Waals surface area (Å²) in [4.78, 5) is 54.2. The Kier molecular flexibility index (Phi) is 20.5. The molecule has 12 heteroatoms. The molecular formula is C64H81N3O2S7. The largest absolute Gasteiger partial charge is 0.274 e. The minimum Gasteiger partial charge on any atom is -0.274 e. The lowest BCUT2D eigenvalue weighted by Gasteiger charge is -2.23. The fourth-order valence-electron chi connectivity index (χ4n) is 11.4. The van der Waals surface area contributed by atoms with Crippen LogP contribution in [-0.2, 0) is 12.8 Å². The zero-order valence-corrected chi connectivity index (χ0v) is 52.3. The second-order valence-electron chi connectivity index (χ2n) is 21.7. The van der Waals surface area contributed by atoms with E-state index in [0.717, 1.165) is 89.3 Å². The van der Waals surface area contributed by atoms with Crippen molar-refractivity contribution < 1.29 is 9.59 Å². The first-order valence-corrected chi connectivity index (χ1v) is 34.9. The molecule has 3 unspecified atom stereocenters. The molecule has 2 amide bonds. The van der Waals surface area contributed by atoms with E-state index in [2.05, 4.69) is 97.0 Å². The predicted octanol–water partition coefficient (Wildman–Crippen LogP) is 22.6. The minimum atomic E-state index is -0.107. The highest BCUT2D eigenvalue weighted by atomic mass is 32.1. The van der Waals surface area contributed by atoms with Gasteiger partial charge in [-0.25, -0.2) is 9.97 Å². The van der Waals surface area contributed by atoms with Crippen molar-refractivity contribution >= 4 is 112 Å². The maximum atomic E-state index is 14.8. The van der Waals surface area contributed by atoms with Gasteiger partial charge in [-0.3, -0.25) is 14.5 Å². The lowest BCUT2D eigenvalue weighted by Crippen LogP contribution is -2.35. The lowest BCUT2D eigenvalue weighted by molar-refractivity contribution is 0.0621. The Morgan fingerprint density at radius 3 is 1.42 bits per heavy atom. The van der Waals surface area contributed by atoms with Gasteiger partial charge in [-0.15, -0.1) is 79.4 Å². The zero-order valence-electron chi connectivity index (χ0n) is 46.6. The number of imide groups is 1. The normalized spacial score (nSPS) is 14.1. The average Bonchev–Trinajstić information content (AvgIpc) is 4.41. The van der Waals surface area contributed by atoms with Crippen molar-refractivity contribution in [2.75, 3.05) is 6.54 Å². The second kappa shape index (κ2) is 27.2. The van der Waals surface area contributed by atoms with Gasteiger partial charge in [0.15, 0.2) is 0 Å². The number of nitrogens with zero attached hydrogens (tertiary/aromatic N) is 3. The van der Waals surface area contributed by atoms with Crippen LogP contribution in [0.2, 0.25) is 0 Å². The summed E-state index contributed by atoms with van der Waals surface area (Å²) in [5.41, 5.74) is 5.62. The van der Waals surface area contributed by atoms with Crippen LogP contribution in [0.5, 0.6) is 0 Å². The van der Waals surface area contributed by atoms with E-state index in [-0.39, 0.29) is 11.8 Å². The number of aryl methyl sites for hydroxylation is 2. The number of thiophene rings is 5. The van der Waals surface area contributed by atoms with Crippen molar-refractivity contribution in [3.8, 4) is 50.4 Å². The molecule has 0 spiro atoms. The van der Waals surface area contributed by atoms with E-state index < -0.39 is 0 Å². The Morgan fingerprint density at radius 2 is 0.895 bits per heavy atom. The topological polar surface area (TPSA) is 63.2 Å². The Hall–Kier alpha value is -3.36. The SMILES string of the molecule is CCCCCCCCC(CCCCCC)CN1C(=O)c2c(C)sc(-c3ccc(-c4c5nc(-c6ccc(CC(CC)CCCC)s6)sc5c(-c5ccc(C)s5)c5nc(-c6ccc(CC(CC)CCCC)s6)sc45)s3)c2C1=O. The van der Waals surface area contributed by atoms with Gasteiger partial charge in [-0.05, 0) is 106 Å². The molecule has 1 aliphatic heterocycles. The fraction of sp³-hybridized carbons (Fsp3) is 0.531. The van der Waals surface area contributed by atoms with Crippen molar-refractivity contribution in [1.29, 1.82) is 0 Å². The number of amides is 2. The summed E-state index contributed by atoms with van der Waals surface area (Å²) in [6.45, 7) is 18.6. The van der Waals surface area contributed by atoms with Crippen molar-refractivity contribution in [2.24, 2.45) is 17.8 Å². The third-order valence-corrected chi connectivity index (χ3v) is 24.0. The fourth-order valence-corrected chi connectivity index (χ4v) is 19.4. The molecule has 3 atom stereocenters. The summed E-state index contributed by atoms with van der Waals surface area (Å²) in [7, 11) is 0. The number of hydrogen-bond acceptors (Lipinski definition) is 11. The smallest absolute Gasteiger partial charge is 0.263 e. The van der Waals surface area contributed by atoms with Crippen LogP contribution in [0, 0.1) is 31.6 Å². The Morgan fingerprint density at radius 1 is 0.434 bits per heavy atom. The van der Waals surface area contributed by atoms with Crippen LogP contribution in [0.3, 0.4) is 0 Å². The number of hydrogen-bond donors (Lipinski definition) is 0. The monoisotopic (exact) mass is 1150 g/mol. The lowest BCUT2D eigenvalue weighted by atomic mass is 9.93. The minimum absolute atomic E-state index is 0.0980. The zero-order chi connectivity index (χ0) is 53.3. The van der Waals surface area contributed by atoms with Crippen LogP contribution < -0.4 is 0 Å². The summed E-state index contributed by atoms with van der Waals surface area (Å²) >= 11 is 12.6. The van der Waals surface area contributed by atoms with Crippen LogP contribution >= 0.6 is 79.4 Å². The second-order valence-corrected chi connectivity index (χ2v) is 29.7. The van der Waals surface area contributed by atoms with Crippen molar-refractivity contribution in [3.05, 3.63) is 79.2 Å². The number of rotatable bonds is 31. The van der Waals surface area contributed by atoms with Crippen molar-refractivity contribution in [1.82, 2.24) is 14.9 Å². The molecule has 76 heavy (non-hydrogen) atoms. The maximum Gasteiger partial charge on any atom is 0.263 e.